The van der Waals surface area contributed by atoms with Gasteiger partial charge in [0.05, 0.1) is 9.80 Å². The van der Waals surface area contributed by atoms with Crippen LogP contribution in [-0.2, 0) is 9.84 Å². The van der Waals surface area contributed by atoms with E-state index in [2.05, 4.69) is 5.92 Å². The van der Waals surface area contributed by atoms with Crippen molar-refractivity contribution in [2.24, 2.45) is 0 Å². The number of rotatable bonds is 4. The molecule has 0 saturated heterocycles. The molecule has 0 amide bonds. The number of sulfone groups is 1. The second-order valence-corrected chi connectivity index (χ2v) is 6.74. The highest BCUT2D eigenvalue weighted by Gasteiger charge is 2.38. The standard InChI is InChI=1S/C16H17F3O2S/c1-3-4-5-9-12-15(16(17,18)19)13(2)22(20,21)14-10-7-6-8-11-14/h6-8,10-11H,3-5H2,1-2H3/b15-13-. The third-order valence-corrected chi connectivity index (χ3v) is 4.86. The van der Waals surface area contributed by atoms with Crippen molar-refractivity contribution in [2.45, 2.75) is 44.2 Å². The van der Waals surface area contributed by atoms with Crippen molar-refractivity contribution in [3.8, 4) is 11.8 Å². The molecule has 0 bridgehead atoms. The van der Waals surface area contributed by atoms with E-state index in [1.54, 1.807) is 6.07 Å². The molecule has 0 aliphatic rings. The molecule has 120 valence electrons. The van der Waals surface area contributed by atoms with E-state index in [9.17, 15) is 21.6 Å². The van der Waals surface area contributed by atoms with Gasteiger partial charge in [0.15, 0.2) is 0 Å². The van der Waals surface area contributed by atoms with Crippen LogP contribution in [0.15, 0.2) is 45.7 Å². The summed E-state index contributed by atoms with van der Waals surface area (Å²) in [5.74, 6) is 4.40. The molecule has 1 rings (SSSR count). The van der Waals surface area contributed by atoms with E-state index >= 15 is 0 Å². The molecule has 0 aliphatic heterocycles. The molecule has 0 spiro atoms. The van der Waals surface area contributed by atoms with Gasteiger partial charge in [-0.05, 0) is 25.5 Å². The van der Waals surface area contributed by atoms with Crippen LogP contribution in [0.3, 0.4) is 0 Å². The molecule has 1 aromatic rings. The number of hydrogen-bond donors (Lipinski definition) is 0. The summed E-state index contributed by atoms with van der Waals surface area (Å²) < 4.78 is 63.9. The fraction of sp³-hybridized carbons (Fsp3) is 0.375. The molecule has 0 fully saturated rings. The average molecular weight is 330 g/mol. The van der Waals surface area contributed by atoms with Crippen LogP contribution in [0.1, 0.15) is 33.1 Å². The van der Waals surface area contributed by atoms with Gasteiger partial charge in [0.1, 0.15) is 5.57 Å². The van der Waals surface area contributed by atoms with Crippen molar-refractivity contribution in [3.63, 3.8) is 0 Å². The monoisotopic (exact) mass is 330 g/mol. The Morgan fingerprint density at radius 1 is 1.18 bits per heavy atom. The summed E-state index contributed by atoms with van der Waals surface area (Å²) in [6.07, 6.45) is -3.02. The van der Waals surface area contributed by atoms with Gasteiger partial charge in [0, 0.05) is 6.42 Å². The van der Waals surface area contributed by atoms with Crippen LogP contribution in [0.2, 0.25) is 0 Å². The minimum absolute atomic E-state index is 0.176. The van der Waals surface area contributed by atoms with Crippen molar-refractivity contribution < 1.29 is 21.6 Å². The molecule has 0 atom stereocenters. The summed E-state index contributed by atoms with van der Waals surface area (Å²) in [6.45, 7) is 2.84. The van der Waals surface area contributed by atoms with Gasteiger partial charge < -0.3 is 0 Å². The first-order valence-corrected chi connectivity index (χ1v) is 8.26. The lowest BCUT2D eigenvalue weighted by molar-refractivity contribution is -0.0875. The summed E-state index contributed by atoms with van der Waals surface area (Å²) in [4.78, 5) is -0.945. The Bertz CT molecular complexity index is 690. The number of allylic oxidation sites excluding steroid dienone is 2. The summed E-state index contributed by atoms with van der Waals surface area (Å²) in [7, 11) is -4.21. The quantitative estimate of drug-likeness (QED) is 0.602. The second kappa shape index (κ2) is 7.50. The molecule has 2 nitrogen and oxygen atoms in total. The Balaban J connectivity index is 3.36. The Kier molecular flexibility index (Phi) is 6.24. The highest BCUT2D eigenvalue weighted by molar-refractivity contribution is 7.95. The van der Waals surface area contributed by atoms with Crippen molar-refractivity contribution in [2.75, 3.05) is 0 Å². The number of hydrogen-bond acceptors (Lipinski definition) is 2. The van der Waals surface area contributed by atoms with Crippen LogP contribution in [0, 0.1) is 11.8 Å². The molecule has 0 aliphatic carbocycles. The van der Waals surface area contributed by atoms with Crippen LogP contribution in [0.4, 0.5) is 13.2 Å². The Labute approximate surface area is 129 Å². The Morgan fingerprint density at radius 3 is 2.27 bits per heavy atom. The zero-order valence-corrected chi connectivity index (χ0v) is 13.2. The van der Waals surface area contributed by atoms with E-state index in [4.69, 9.17) is 0 Å². The van der Waals surface area contributed by atoms with Crippen LogP contribution in [-0.4, -0.2) is 14.6 Å². The van der Waals surface area contributed by atoms with Gasteiger partial charge >= 0.3 is 6.18 Å². The summed E-state index contributed by atoms with van der Waals surface area (Å²) in [5.41, 5.74) is -1.30. The highest BCUT2D eigenvalue weighted by atomic mass is 32.2. The van der Waals surface area contributed by atoms with Gasteiger partial charge in [0.25, 0.3) is 0 Å². The summed E-state index contributed by atoms with van der Waals surface area (Å²) >= 11 is 0. The minimum atomic E-state index is -4.80. The molecular weight excluding hydrogens is 313 g/mol. The predicted molar refractivity (Wildman–Crippen MR) is 79.7 cm³/mol. The van der Waals surface area contributed by atoms with Crippen molar-refractivity contribution in [3.05, 3.63) is 40.8 Å². The van der Waals surface area contributed by atoms with Crippen molar-refractivity contribution in [1.82, 2.24) is 0 Å². The fourth-order valence-corrected chi connectivity index (χ4v) is 2.99. The zero-order chi connectivity index (χ0) is 16.8. The van der Waals surface area contributed by atoms with Crippen LogP contribution >= 0.6 is 0 Å². The molecule has 1 aromatic carbocycles. The van der Waals surface area contributed by atoms with Gasteiger partial charge in [0.2, 0.25) is 9.84 Å². The van der Waals surface area contributed by atoms with E-state index in [0.717, 1.165) is 13.3 Å². The predicted octanol–water partition coefficient (Wildman–Crippen LogP) is 4.49. The maximum Gasteiger partial charge on any atom is 0.425 e. The summed E-state index contributed by atoms with van der Waals surface area (Å²) in [6, 6.07) is 7.03. The minimum Gasteiger partial charge on any atom is -0.219 e. The maximum absolute atomic E-state index is 13.1. The third-order valence-electron chi connectivity index (χ3n) is 2.96. The molecule has 0 aromatic heterocycles. The van der Waals surface area contributed by atoms with Crippen molar-refractivity contribution >= 4 is 9.84 Å². The lowest BCUT2D eigenvalue weighted by atomic mass is 10.2. The fourth-order valence-electron chi connectivity index (χ4n) is 1.69. The lowest BCUT2D eigenvalue weighted by Gasteiger charge is -2.11. The van der Waals surface area contributed by atoms with Crippen LogP contribution in [0.25, 0.3) is 0 Å². The number of alkyl halides is 3. The van der Waals surface area contributed by atoms with Gasteiger partial charge in [-0.3, -0.25) is 0 Å². The van der Waals surface area contributed by atoms with Crippen molar-refractivity contribution in [1.29, 1.82) is 0 Å². The molecule has 0 saturated carbocycles. The lowest BCUT2D eigenvalue weighted by Crippen LogP contribution is -2.16. The molecule has 22 heavy (non-hydrogen) atoms. The normalized spacial score (nSPS) is 13.1. The van der Waals surface area contributed by atoms with Crippen LogP contribution < -0.4 is 0 Å². The first-order chi connectivity index (χ1) is 10.2. The van der Waals surface area contributed by atoms with E-state index in [0.29, 0.717) is 12.8 Å². The number of benzene rings is 1. The van der Waals surface area contributed by atoms with Gasteiger partial charge in [-0.2, -0.15) is 13.2 Å². The topological polar surface area (TPSA) is 34.1 Å². The third kappa shape index (κ3) is 4.63. The first-order valence-electron chi connectivity index (χ1n) is 6.78. The van der Waals surface area contributed by atoms with Gasteiger partial charge in [-0.15, -0.1) is 0 Å². The van der Waals surface area contributed by atoms with E-state index in [1.807, 2.05) is 12.8 Å². The van der Waals surface area contributed by atoms with Gasteiger partial charge in [-0.1, -0.05) is 43.4 Å². The van der Waals surface area contributed by atoms with E-state index in [1.165, 1.54) is 24.3 Å². The Morgan fingerprint density at radius 2 is 1.77 bits per heavy atom. The second-order valence-electron chi connectivity index (χ2n) is 4.65. The molecular formula is C16H17F3O2S. The number of halogens is 3. The smallest absolute Gasteiger partial charge is 0.219 e. The van der Waals surface area contributed by atoms with Crippen LogP contribution in [0.5, 0.6) is 0 Å². The highest BCUT2D eigenvalue weighted by Crippen LogP contribution is 2.32. The van der Waals surface area contributed by atoms with E-state index in [-0.39, 0.29) is 4.90 Å². The number of unbranched alkanes of at least 4 members (excludes halogenated alkanes) is 2. The molecule has 6 heteroatoms. The SMILES string of the molecule is CCCCC#C/C(=C(\C)S(=O)(=O)c1ccccc1)C(F)(F)F. The van der Waals surface area contributed by atoms with Gasteiger partial charge in [-0.25, -0.2) is 8.42 Å². The molecule has 0 unspecified atom stereocenters. The molecule has 0 N–H and O–H groups in total. The molecule has 0 heterocycles. The largest absolute Gasteiger partial charge is 0.425 e. The summed E-state index contributed by atoms with van der Waals surface area (Å²) in [5, 5.41) is 0. The van der Waals surface area contributed by atoms with E-state index < -0.39 is 26.5 Å². The zero-order valence-electron chi connectivity index (χ0n) is 12.4. The maximum atomic E-state index is 13.1. The average Bonchev–Trinajstić information content (AvgIpc) is 2.46. The Hall–Kier alpha value is -1.74. The molecule has 0 radical (unpaired) electrons. The first kappa shape index (κ1) is 18.3.